The zero-order valence-electron chi connectivity index (χ0n) is 21.2. The number of nitrogens with one attached hydrogen (secondary N) is 1. The van der Waals surface area contributed by atoms with Crippen LogP contribution >= 0.6 is 0 Å². The van der Waals surface area contributed by atoms with Gasteiger partial charge in [0.05, 0.1) is 27.6 Å². The van der Waals surface area contributed by atoms with E-state index in [2.05, 4.69) is 64.6 Å². The number of phenols is 1. The van der Waals surface area contributed by atoms with Crippen molar-refractivity contribution in [2.24, 2.45) is 0 Å². The summed E-state index contributed by atoms with van der Waals surface area (Å²) in [7, 11) is 5.95. The summed E-state index contributed by atoms with van der Waals surface area (Å²) in [5, 5.41) is 17.5. The lowest BCUT2D eigenvalue weighted by Crippen LogP contribution is -2.59. The van der Waals surface area contributed by atoms with Gasteiger partial charge in [0.2, 0.25) is 0 Å². The number of nitrogens with zero attached hydrogens (tertiary/aromatic N) is 3. The van der Waals surface area contributed by atoms with Crippen molar-refractivity contribution < 1.29 is 19.4 Å². The molecule has 8 heteroatoms. The molecular formula is C29H28N4O4. The Bertz CT molecular complexity index is 1830. The van der Waals surface area contributed by atoms with Crippen LogP contribution in [0.4, 0.5) is 0 Å². The number of ether oxygens (including phenoxy) is 2. The van der Waals surface area contributed by atoms with Crippen LogP contribution < -0.4 is 5.32 Å². The van der Waals surface area contributed by atoms with Crippen molar-refractivity contribution in [3.05, 3.63) is 53.6 Å². The Labute approximate surface area is 212 Å². The van der Waals surface area contributed by atoms with Crippen molar-refractivity contribution in [2.45, 2.75) is 44.0 Å². The van der Waals surface area contributed by atoms with Crippen molar-refractivity contribution in [1.82, 2.24) is 19.4 Å². The molecule has 2 bridgehead atoms. The van der Waals surface area contributed by atoms with Gasteiger partial charge in [-0.1, -0.05) is 18.2 Å². The molecule has 4 atom stereocenters. The van der Waals surface area contributed by atoms with Gasteiger partial charge >= 0.3 is 0 Å². The lowest BCUT2D eigenvalue weighted by atomic mass is 9.92. The summed E-state index contributed by atoms with van der Waals surface area (Å²) < 4.78 is 17.9. The third kappa shape index (κ3) is 2.37. The number of methoxy groups -OCH3 is 1. The first kappa shape index (κ1) is 21.5. The fraction of sp³-hybridized carbons (Fsp3) is 0.345. The summed E-state index contributed by atoms with van der Waals surface area (Å²) >= 11 is 0. The summed E-state index contributed by atoms with van der Waals surface area (Å²) in [4.78, 5) is 15.6. The standard InChI is InChI=1S/C29H28N4O4/c1-29-27(36-4)20(31(2)3)12-21(37-29)32-18-10-9-14(34)11-16(18)23-24-17(13-30-28(24)35)22-15-7-5-6-8-19(15)33(29)26(22)25(23)32/h5-11,20-21,27,34H,12-13H2,1-4H3,(H,30,35)/t20-,21-,27-,29+/m1/s1. The van der Waals surface area contributed by atoms with Crippen molar-refractivity contribution >= 4 is 49.5 Å². The van der Waals surface area contributed by atoms with Gasteiger partial charge in [0, 0.05) is 47.7 Å². The van der Waals surface area contributed by atoms with E-state index in [1.807, 2.05) is 6.07 Å². The quantitative estimate of drug-likeness (QED) is 0.379. The van der Waals surface area contributed by atoms with Crippen LogP contribution in [0.2, 0.25) is 0 Å². The fourth-order valence-corrected chi connectivity index (χ4v) is 7.55. The van der Waals surface area contributed by atoms with Gasteiger partial charge < -0.3 is 33.9 Å². The van der Waals surface area contributed by atoms with Crippen LogP contribution in [0.5, 0.6) is 5.75 Å². The fourth-order valence-electron chi connectivity index (χ4n) is 7.55. The Kier molecular flexibility index (Phi) is 3.97. The number of amides is 1. The first-order chi connectivity index (χ1) is 17.8. The van der Waals surface area contributed by atoms with Crippen molar-refractivity contribution in [3.8, 4) is 5.75 Å². The average molecular weight is 497 g/mol. The van der Waals surface area contributed by atoms with E-state index in [9.17, 15) is 9.90 Å². The Morgan fingerprint density at radius 2 is 1.92 bits per heavy atom. The van der Waals surface area contributed by atoms with Gasteiger partial charge in [0.15, 0.2) is 5.72 Å². The molecule has 2 N–H and O–H groups in total. The largest absolute Gasteiger partial charge is 0.508 e. The number of rotatable bonds is 2. The van der Waals surface area contributed by atoms with E-state index >= 15 is 0 Å². The highest BCUT2D eigenvalue weighted by Gasteiger charge is 2.53. The predicted molar refractivity (Wildman–Crippen MR) is 142 cm³/mol. The maximum Gasteiger partial charge on any atom is 0.252 e. The summed E-state index contributed by atoms with van der Waals surface area (Å²) in [6, 6.07) is 13.9. The number of hydrogen-bond acceptors (Lipinski definition) is 5. The molecule has 5 heterocycles. The van der Waals surface area contributed by atoms with Crippen LogP contribution in [0.25, 0.3) is 43.6 Å². The number of carbonyl (C=O) groups excluding carboxylic acids is 1. The van der Waals surface area contributed by atoms with E-state index < -0.39 is 5.72 Å². The Morgan fingerprint density at radius 3 is 2.70 bits per heavy atom. The van der Waals surface area contributed by atoms with Gasteiger partial charge in [0.25, 0.3) is 5.91 Å². The Balaban J connectivity index is 1.70. The van der Waals surface area contributed by atoms with E-state index in [0.29, 0.717) is 18.5 Å². The van der Waals surface area contributed by atoms with Crippen LogP contribution in [0, 0.1) is 0 Å². The van der Waals surface area contributed by atoms with Crippen LogP contribution in [0.3, 0.4) is 0 Å². The zero-order valence-corrected chi connectivity index (χ0v) is 21.2. The average Bonchev–Trinajstić information content (AvgIpc) is 3.51. The SMILES string of the molecule is CO[C@@H]1[C@H](N(C)C)C[C@H]2O[C@]1(C)n1c3ccccc3c3c4c(c5c6cc(O)ccc6n2c5c31)C(=O)NC4. The molecule has 2 aromatic heterocycles. The molecule has 3 aliphatic rings. The zero-order chi connectivity index (χ0) is 25.4. The normalized spacial score (nSPS) is 26.6. The molecule has 0 aliphatic carbocycles. The summed E-state index contributed by atoms with van der Waals surface area (Å²) in [5.41, 5.74) is 4.92. The Hall–Kier alpha value is -3.59. The first-order valence-electron chi connectivity index (χ1n) is 12.8. The van der Waals surface area contributed by atoms with E-state index in [4.69, 9.17) is 9.47 Å². The van der Waals surface area contributed by atoms with Gasteiger partial charge in [-0.2, -0.15) is 0 Å². The van der Waals surface area contributed by atoms with Gasteiger partial charge in [0.1, 0.15) is 18.1 Å². The second kappa shape index (κ2) is 6.83. The monoisotopic (exact) mass is 496 g/mol. The van der Waals surface area contributed by atoms with Crippen molar-refractivity contribution in [1.29, 1.82) is 0 Å². The molecule has 0 unspecified atom stereocenters. The summed E-state index contributed by atoms with van der Waals surface area (Å²) in [6.07, 6.45) is 0.187. The number of benzene rings is 3. The molecule has 0 spiro atoms. The number of fused-ring (bicyclic) bond motifs is 13. The molecule has 3 aromatic carbocycles. The minimum absolute atomic E-state index is 0.0728. The highest BCUT2D eigenvalue weighted by atomic mass is 16.6. The van der Waals surface area contributed by atoms with E-state index in [0.717, 1.165) is 49.2 Å². The molecule has 1 saturated heterocycles. The van der Waals surface area contributed by atoms with E-state index in [1.165, 1.54) is 0 Å². The summed E-state index contributed by atoms with van der Waals surface area (Å²) in [5.74, 6) is 0.104. The molecule has 37 heavy (non-hydrogen) atoms. The summed E-state index contributed by atoms with van der Waals surface area (Å²) in [6.45, 7) is 2.60. The van der Waals surface area contributed by atoms with Crippen LogP contribution in [0.15, 0.2) is 42.5 Å². The molecule has 188 valence electrons. The minimum atomic E-state index is -0.812. The number of hydrogen-bond donors (Lipinski definition) is 2. The topological polar surface area (TPSA) is 80.9 Å². The number of carbonyl (C=O) groups is 1. The molecule has 5 aromatic rings. The maximum absolute atomic E-state index is 13.4. The van der Waals surface area contributed by atoms with Gasteiger partial charge in [-0.15, -0.1) is 0 Å². The second-order valence-electron chi connectivity index (χ2n) is 11.0. The molecule has 0 radical (unpaired) electrons. The number of likely N-dealkylation sites (N-methyl/N-ethyl adjacent to an activating group) is 1. The lowest BCUT2D eigenvalue weighted by molar-refractivity contribution is -0.266. The highest BCUT2D eigenvalue weighted by Crippen LogP contribution is 2.54. The second-order valence-corrected chi connectivity index (χ2v) is 11.0. The third-order valence-corrected chi connectivity index (χ3v) is 8.94. The predicted octanol–water partition coefficient (Wildman–Crippen LogP) is 4.40. The van der Waals surface area contributed by atoms with Gasteiger partial charge in [-0.25, -0.2) is 0 Å². The lowest BCUT2D eigenvalue weighted by Gasteiger charge is -2.50. The molecule has 8 rings (SSSR count). The molecule has 8 nitrogen and oxygen atoms in total. The van der Waals surface area contributed by atoms with E-state index in [-0.39, 0.29) is 30.0 Å². The molecule has 1 fully saturated rings. The third-order valence-electron chi connectivity index (χ3n) is 8.94. The molecule has 3 aliphatic heterocycles. The smallest absolute Gasteiger partial charge is 0.252 e. The van der Waals surface area contributed by atoms with Crippen LogP contribution in [-0.2, 0) is 21.7 Å². The van der Waals surface area contributed by atoms with Crippen LogP contribution in [-0.4, -0.2) is 58.4 Å². The number of para-hydroxylation sites is 1. The molecular weight excluding hydrogens is 468 g/mol. The number of aromatic hydroxyl groups is 1. The van der Waals surface area contributed by atoms with Gasteiger partial charge in [-0.05, 0) is 50.8 Å². The van der Waals surface area contributed by atoms with Crippen molar-refractivity contribution in [3.63, 3.8) is 0 Å². The molecule has 0 saturated carbocycles. The van der Waals surface area contributed by atoms with E-state index in [1.54, 1.807) is 19.2 Å². The number of aromatic nitrogens is 2. The molecule has 1 amide bonds. The van der Waals surface area contributed by atoms with Crippen molar-refractivity contribution in [2.75, 3.05) is 21.2 Å². The van der Waals surface area contributed by atoms with Gasteiger partial charge in [-0.3, -0.25) is 4.79 Å². The minimum Gasteiger partial charge on any atom is -0.508 e. The Morgan fingerprint density at radius 1 is 1.11 bits per heavy atom. The maximum atomic E-state index is 13.4. The van der Waals surface area contributed by atoms with Crippen LogP contribution in [0.1, 0.15) is 35.5 Å². The first-order valence-corrected chi connectivity index (χ1v) is 12.8. The highest BCUT2D eigenvalue weighted by molar-refractivity contribution is 6.31. The number of phenolic OH excluding ortho intramolecular Hbond substituents is 1.